The highest BCUT2D eigenvalue weighted by atomic mass is 32.2. The van der Waals surface area contributed by atoms with Crippen LogP contribution < -0.4 is 0 Å². The zero-order valence-electron chi connectivity index (χ0n) is 9.01. The Balaban J connectivity index is 2.40. The maximum absolute atomic E-state index is 5.24. The van der Waals surface area contributed by atoms with Gasteiger partial charge in [0.2, 0.25) is 0 Å². The molecule has 0 atom stereocenters. The van der Waals surface area contributed by atoms with E-state index in [9.17, 15) is 0 Å². The number of nitrogens with one attached hydrogen (secondary N) is 1. The molecule has 84 valence electrons. The minimum atomic E-state index is 0.655. The van der Waals surface area contributed by atoms with Gasteiger partial charge in [-0.3, -0.25) is 9.67 Å². The predicted octanol–water partition coefficient (Wildman–Crippen LogP) is 2.84. The van der Waals surface area contributed by atoms with Gasteiger partial charge >= 0.3 is 0 Å². The van der Waals surface area contributed by atoms with Crippen LogP contribution in [0.1, 0.15) is 5.82 Å². The van der Waals surface area contributed by atoms with Crippen molar-refractivity contribution >= 4 is 24.0 Å². The average molecular weight is 251 g/mol. The van der Waals surface area contributed by atoms with E-state index in [1.54, 1.807) is 0 Å². The fourth-order valence-corrected chi connectivity index (χ4v) is 2.18. The maximum Gasteiger partial charge on any atom is 0.199 e. The first-order valence-electron chi connectivity index (χ1n) is 5.03. The summed E-state index contributed by atoms with van der Waals surface area (Å²) in [6, 6.07) is 10.1. The van der Waals surface area contributed by atoms with E-state index in [2.05, 4.69) is 16.5 Å². The molecule has 0 saturated heterocycles. The summed E-state index contributed by atoms with van der Waals surface area (Å²) in [4.78, 5) is 0. The van der Waals surface area contributed by atoms with Crippen molar-refractivity contribution in [2.45, 2.75) is 6.42 Å². The molecule has 3 nitrogen and oxygen atoms in total. The number of hydrogen-bond donors (Lipinski definition) is 1. The summed E-state index contributed by atoms with van der Waals surface area (Å²) in [5.74, 6) is 2.04. The third kappa shape index (κ3) is 2.36. The van der Waals surface area contributed by atoms with Crippen molar-refractivity contribution in [2.24, 2.45) is 0 Å². The van der Waals surface area contributed by atoms with E-state index in [1.807, 2.05) is 46.7 Å². The minimum absolute atomic E-state index is 0.655. The number of para-hydroxylation sites is 1. The average Bonchev–Trinajstić information content (AvgIpc) is 2.69. The molecule has 1 heterocycles. The van der Waals surface area contributed by atoms with E-state index in [1.165, 1.54) is 0 Å². The lowest BCUT2D eigenvalue weighted by molar-refractivity contribution is 0.886. The molecule has 0 aliphatic rings. The first kappa shape index (κ1) is 11.4. The molecule has 0 radical (unpaired) electrons. The van der Waals surface area contributed by atoms with Crippen molar-refractivity contribution in [1.29, 1.82) is 0 Å². The minimum Gasteiger partial charge on any atom is -0.272 e. The molecule has 0 fully saturated rings. The van der Waals surface area contributed by atoms with Gasteiger partial charge < -0.3 is 0 Å². The van der Waals surface area contributed by atoms with Crippen LogP contribution in [-0.4, -0.2) is 26.8 Å². The lowest BCUT2D eigenvalue weighted by Gasteiger charge is -2.05. The molecule has 16 heavy (non-hydrogen) atoms. The second-order valence-corrected chi connectivity index (χ2v) is 4.73. The predicted molar refractivity (Wildman–Crippen MR) is 70.8 cm³/mol. The third-order valence-electron chi connectivity index (χ3n) is 2.29. The number of rotatable bonds is 4. The largest absolute Gasteiger partial charge is 0.272 e. The van der Waals surface area contributed by atoms with E-state index in [0.717, 1.165) is 23.7 Å². The van der Waals surface area contributed by atoms with Crippen molar-refractivity contribution < 1.29 is 0 Å². The van der Waals surface area contributed by atoms with Gasteiger partial charge in [-0.1, -0.05) is 18.2 Å². The molecule has 0 spiro atoms. The molecule has 0 saturated carbocycles. The Morgan fingerprint density at radius 2 is 2.12 bits per heavy atom. The lowest BCUT2D eigenvalue weighted by atomic mass is 10.3. The van der Waals surface area contributed by atoms with E-state index in [0.29, 0.717) is 4.77 Å². The first-order chi connectivity index (χ1) is 7.83. The number of hydrogen-bond acceptors (Lipinski definition) is 3. The number of aromatic nitrogens is 3. The Kier molecular flexibility index (Phi) is 3.79. The van der Waals surface area contributed by atoms with Gasteiger partial charge in [-0.05, 0) is 30.6 Å². The van der Waals surface area contributed by atoms with Crippen molar-refractivity contribution in [1.82, 2.24) is 14.8 Å². The smallest absolute Gasteiger partial charge is 0.199 e. The summed E-state index contributed by atoms with van der Waals surface area (Å²) in [6.07, 6.45) is 3.01. The monoisotopic (exact) mass is 251 g/mol. The highest BCUT2D eigenvalue weighted by Crippen LogP contribution is 2.11. The fraction of sp³-hybridized carbons (Fsp3) is 0.273. The number of nitrogens with zero attached hydrogens (tertiary/aromatic N) is 2. The van der Waals surface area contributed by atoms with E-state index in [4.69, 9.17) is 12.2 Å². The van der Waals surface area contributed by atoms with Crippen LogP contribution in [0, 0.1) is 4.77 Å². The molecular weight excluding hydrogens is 238 g/mol. The molecule has 0 unspecified atom stereocenters. The van der Waals surface area contributed by atoms with Crippen molar-refractivity contribution in [3.05, 3.63) is 40.9 Å². The number of aromatic amines is 1. The van der Waals surface area contributed by atoms with Crippen molar-refractivity contribution in [2.75, 3.05) is 12.0 Å². The first-order valence-corrected chi connectivity index (χ1v) is 6.84. The standard InChI is InChI=1S/C11H13N3S2/c1-16-8-7-10-12-13-11(15)14(10)9-5-3-2-4-6-9/h2-6H,7-8H2,1H3,(H,13,15). The molecule has 1 N–H and O–H groups in total. The molecule has 1 aromatic heterocycles. The van der Waals surface area contributed by atoms with E-state index in [-0.39, 0.29) is 0 Å². The number of thioether (sulfide) groups is 1. The summed E-state index contributed by atoms with van der Waals surface area (Å²) in [6.45, 7) is 0. The summed E-state index contributed by atoms with van der Waals surface area (Å²) >= 11 is 7.05. The number of H-pyrrole nitrogens is 1. The molecule has 0 bridgehead atoms. The Labute approximate surface area is 104 Å². The topological polar surface area (TPSA) is 33.6 Å². The molecular formula is C11H13N3S2. The summed E-state index contributed by atoms with van der Waals surface area (Å²) in [7, 11) is 0. The zero-order valence-corrected chi connectivity index (χ0v) is 10.6. The zero-order chi connectivity index (χ0) is 11.4. The van der Waals surface area contributed by atoms with Crippen LogP contribution in [0.3, 0.4) is 0 Å². The van der Waals surface area contributed by atoms with Gasteiger partial charge in [-0.2, -0.15) is 16.9 Å². The van der Waals surface area contributed by atoms with Gasteiger partial charge in [0.25, 0.3) is 0 Å². The van der Waals surface area contributed by atoms with Crippen LogP contribution in [0.25, 0.3) is 5.69 Å². The lowest BCUT2D eigenvalue weighted by Crippen LogP contribution is -2.02. The van der Waals surface area contributed by atoms with Crippen LogP contribution in [-0.2, 0) is 6.42 Å². The van der Waals surface area contributed by atoms with Crippen LogP contribution in [0.2, 0.25) is 0 Å². The Morgan fingerprint density at radius 3 is 2.81 bits per heavy atom. The van der Waals surface area contributed by atoms with Crippen molar-refractivity contribution in [3.63, 3.8) is 0 Å². The number of benzene rings is 1. The Bertz CT molecular complexity index is 501. The summed E-state index contributed by atoms with van der Waals surface area (Å²) in [5, 5.41) is 7.11. The summed E-state index contributed by atoms with van der Waals surface area (Å²) < 4.78 is 2.65. The normalized spacial score (nSPS) is 10.6. The van der Waals surface area contributed by atoms with Gasteiger partial charge in [-0.25, -0.2) is 0 Å². The third-order valence-corrected chi connectivity index (χ3v) is 3.17. The fourth-order valence-electron chi connectivity index (χ4n) is 1.53. The van der Waals surface area contributed by atoms with Crippen LogP contribution in [0.4, 0.5) is 0 Å². The maximum atomic E-state index is 5.24. The van der Waals surface area contributed by atoms with Gasteiger partial charge in [-0.15, -0.1) is 0 Å². The molecule has 0 aliphatic heterocycles. The molecule has 0 aliphatic carbocycles. The Morgan fingerprint density at radius 1 is 1.38 bits per heavy atom. The molecule has 0 amide bonds. The highest BCUT2D eigenvalue weighted by Gasteiger charge is 2.06. The Hall–Kier alpha value is -1.07. The number of aryl methyl sites for hydroxylation is 1. The van der Waals surface area contributed by atoms with E-state index < -0.39 is 0 Å². The molecule has 1 aromatic carbocycles. The van der Waals surface area contributed by atoms with Gasteiger partial charge in [0.05, 0.1) is 0 Å². The van der Waals surface area contributed by atoms with Gasteiger partial charge in [0.1, 0.15) is 5.82 Å². The quantitative estimate of drug-likeness (QED) is 0.848. The van der Waals surface area contributed by atoms with E-state index >= 15 is 0 Å². The van der Waals surface area contributed by atoms with Crippen LogP contribution in [0.15, 0.2) is 30.3 Å². The second kappa shape index (κ2) is 5.32. The highest BCUT2D eigenvalue weighted by molar-refractivity contribution is 7.98. The van der Waals surface area contributed by atoms with Crippen LogP contribution >= 0.6 is 24.0 Å². The van der Waals surface area contributed by atoms with Gasteiger partial charge in [0, 0.05) is 17.9 Å². The van der Waals surface area contributed by atoms with Crippen LogP contribution in [0.5, 0.6) is 0 Å². The SMILES string of the molecule is CSCCc1n[nH]c(=S)n1-c1ccccc1. The van der Waals surface area contributed by atoms with Crippen molar-refractivity contribution in [3.8, 4) is 5.69 Å². The van der Waals surface area contributed by atoms with Gasteiger partial charge in [0.15, 0.2) is 4.77 Å². The summed E-state index contributed by atoms with van der Waals surface area (Å²) in [5.41, 5.74) is 1.07. The molecule has 2 rings (SSSR count). The second-order valence-electron chi connectivity index (χ2n) is 3.36. The molecule has 5 heteroatoms. The molecule has 2 aromatic rings.